The van der Waals surface area contributed by atoms with E-state index in [-0.39, 0.29) is 11.6 Å². The van der Waals surface area contributed by atoms with Crippen molar-refractivity contribution < 1.29 is 4.79 Å². The first-order valence-corrected chi connectivity index (χ1v) is 11.9. The topological polar surface area (TPSA) is 119 Å². The van der Waals surface area contributed by atoms with E-state index < -0.39 is 5.91 Å². The molecule has 0 saturated heterocycles. The van der Waals surface area contributed by atoms with Gasteiger partial charge in [-0.2, -0.15) is 0 Å². The molecule has 1 amide bonds. The highest BCUT2D eigenvalue weighted by atomic mass is 35.5. The Morgan fingerprint density at radius 3 is 2.31 bits per heavy atom. The monoisotopic (exact) mass is 502 g/mol. The highest BCUT2D eigenvalue weighted by Crippen LogP contribution is 2.23. The maximum atomic E-state index is 12.8. The molecule has 184 valence electrons. The minimum Gasteiger partial charge on any atom is -0.366 e. The van der Waals surface area contributed by atoms with E-state index in [1.165, 1.54) is 9.25 Å². The van der Waals surface area contributed by atoms with E-state index >= 15 is 0 Å². The third kappa shape index (κ3) is 5.72. The summed E-state index contributed by atoms with van der Waals surface area (Å²) in [5.41, 5.74) is 8.65. The third-order valence-electron chi connectivity index (χ3n) is 6.06. The number of nitrogens with zero attached hydrogens (tertiary/aromatic N) is 3. The first kappa shape index (κ1) is 24.9. The van der Waals surface area contributed by atoms with Gasteiger partial charge in [0.2, 0.25) is 11.9 Å². The number of rotatable bonds is 10. The third-order valence-corrected chi connectivity index (χ3v) is 6.31. The Hall–Kier alpha value is -4.17. The number of aromatic nitrogens is 3. The summed E-state index contributed by atoms with van der Waals surface area (Å²) in [5.74, 6) is -0.318. The number of hydrogen-bond donors (Lipinski definition) is 3. The van der Waals surface area contributed by atoms with Gasteiger partial charge >= 0.3 is 5.69 Å². The van der Waals surface area contributed by atoms with Gasteiger partial charge in [-0.15, -0.1) is 5.10 Å². The van der Waals surface area contributed by atoms with E-state index in [0.717, 1.165) is 16.7 Å². The number of anilines is 1. The van der Waals surface area contributed by atoms with Crippen molar-refractivity contribution >= 4 is 29.2 Å². The van der Waals surface area contributed by atoms with E-state index in [4.69, 9.17) is 22.7 Å². The molecule has 1 aromatic heterocycles. The zero-order valence-electron chi connectivity index (χ0n) is 19.8. The van der Waals surface area contributed by atoms with Crippen LogP contribution in [0.2, 0.25) is 5.02 Å². The molecule has 0 spiro atoms. The predicted molar refractivity (Wildman–Crippen MR) is 142 cm³/mol. The van der Waals surface area contributed by atoms with Crippen LogP contribution in [0.4, 0.5) is 5.95 Å². The van der Waals surface area contributed by atoms with Gasteiger partial charge in [0.05, 0.1) is 6.54 Å². The highest BCUT2D eigenvalue weighted by Gasteiger charge is 2.20. The second-order valence-corrected chi connectivity index (χ2v) is 8.90. The number of benzene rings is 3. The molecule has 4 rings (SSSR count). The van der Waals surface area contributed by atoms with Crippen molar-refractivity contribution in [3.8, 4) is 0 Å². The fourth-order valence-corrected chi connectivity index (χ4v) is 4.08. The van der Waals surface area contributed by atoms with Gasteiger partial charge in [0, 0.05) is 35.8 Å². The van der Waals surface area contributed by atoms with Crippen molar-refractivity contribution in [2.24, 2.45) is 12.8 Å². The van der Waals surface area contributed by atoms with E-state index in [1.807, 2.05) is 54.6 Å². The zero-order valence-corrected chi connectivity index (χ0v) is 20.6. The van der Waals surface area contributed by atoms with Crippen molar-refractivity contribution in [1.29, 1.82) is 5.41 Å². The van der Waals surface area contributed by atoms with E-state index in [1.54, 1.807) is 31.3 Å². The first-order valence-electron chi connectivity index (χ1n) is 11.5. The van der Waals surface area contributed by atoms with Gasteiger partial charge in [0.15, 0.2) is 0 Å². The van der Waals surface area contributed by atoms with E-state index in [2.05, 4.69) is 10.4 Å². The second-order valence-electron chi connectivity index (χ2n) is 8.46. The lowest BCUT2D eigenvalue weighted by atomic mass is 9.90. The largest absolute Gasteiger partial charge is 0.366 e. The minimum atomic E-state index is -0.476. The van der Waals surface area contributed by atoms with Gasteiger partial charge in [-0.05, 0) is 47.4 Å². The molecule has 0 bridgehead atoms. The summed E-state index contributed by atoms with van der Waals surface area (Å²) in [6, 6.07) is 24.0. The Kier molecular flexibility index (Phi) is 7.65. The van der Waals surface area contributed by atoms with Crippen molar-refractivity contribution in [2.45, 2.75) is 18.9 Å². The Labute approximate surface area is 213 Å². The van der Waals surface area contributed by atoms with E-state index in [0.29, 0.717) is 41.8 Å². The molecule has 9 heteroatoms. The molecule has 0 saturated carbocycles. The van der Waals surface area contributed by atoms with Gasteiger partial charge in [-0.25, -0.2) is 9.48 Å². The van der Waals surface area contributed by atoms with Crippen molar-refractivity contribution in [1.82, 2.24) is 14.3 Å². The van der Waals surface area contributed by atoms with Gasteiger partial charge < -0.3 is 16.5 Å². The molecular weight excluding hydrogens is 476 g/mol. The molecule has 0 aliphatic heterocycles. The maximum absolute atomic E-state index is 12.8. The number of aryl methyl sites for hydroxylation is 2. The molecule has 8 nitrogen and oxygen atoms in total. The van der Waals surface area contributed by atoms with Crippen LogP contribution in [0.25, 0.3) is 0 Å². The van der Waals surface area contributed by atoms with Crippen molar-refractivity contribution in [2.75, 3.05) is 11.9 Å². The van der Waals surface area contributed by atoms with Crippen LogP contribution in [-0.2, 0) is 20.0 Å². The molecule has 0 aliphatic carbocycles. The summed E-state index contributed by atoms with van der Waals surface area (Å²) in [7, 11) is 1.66. The number of nitrogens with one attached hydrogen (secondary N) is 2. The Morgan fingerprint density at radius 1 is 1.03 bits per heavy atom. The molecule has 0 aliphatic rings. The number of primary amides is 1. The SMILES string of the molecule is Cn1c(NCC(C(=N)c2ccc(Cl)cc2)c2ccccc2)nn(CCc2ccc(C(N)=O)cc2)c1=O. The number of carbonyl (C=O) groups is 1. The standard InChI is InChI=1S/C27H27ClN6O2/c1-33-26(32-34(27(33)36)16-15-18-7-9-21(10-8-18)25(30)35)31-17-23(19-5-3-2-4-6-19)24(29)20-11-13-22(28)14-12-20/h2-14,23,29H,15-17H2,1H3,(H2,30,35)(H,31,32). The number of carbonyl (C=O) groups excluding carboxylic acids is 1. The molecule has 4 aromatic rings. The second kappa shape index (κ2) is 11.0. The van der Waals surface area contributed by atoms with E-state index in [9.17, 15) is 9.59 Å². The molecule has 0 fully saturated rings. The Balaban J connectivity index is 1.49. The average Bonchev–Trinajstić information content (AvgIpc) is 3.16. The molecule has 1 unspecified atom stereocenters. The summed E-state index contributed by atoms with van der Waals surface area (Å²) in [4.78, 5) is 24.0. The Bertz CT molecular complexity index is 1410. The van der Waals surface area contributed by atoms with Crippen LogP contribution in [0, 0.1) is 5.41 Å². The molecule has 0 radical (unpaired) electrons. The van der Waals surface area contributed by atoms with Crippen LogP contribution in [-0.4, -0.2) is 32.5 Å². The molecular formula is C27H27ClN6O2. The zero-order chi connectivity index (χ0) is 25.7. The fraction of sp³-hybridized carbons (Fsp3) is 0.185. The summed E-state index contributed by atoms with van der Waals surface area (Å²) in [6.45, 7) is 0.761. The summed E-state index contributed by atoms with van der Waals surface area (Å²) in [5, 5.41) is 17.2. The van der Waals surface area contributed by atoms with Crippen LogP contribution >= 0.6 is 11.6 Å². The van der Waals surface area contributed by atoms with Crippen LogP contribution in [0.15, 0.2) is 83.7 Å². The lowest BCUT2D eigenvalue weighted by Crippen LogP contribution is -2.25. The van der Waals surface area contributed by atoms with Gasteiger partial charge in [0.25, 0.3) is 0 Å². The Morgan fingerprint density at radius 2 is 1.67 bits per heavy atom. The van der Waals surface area contributed by atoms with Crippen LogP contribution in [0.1, 0.15) is 33.0 Å². The number of nitrogens with two attached hydrogens (primary N) is 1. The molecule has 3 aromatic carbocycles. The molecule has 36 heavy (non-hydrogen) atoms. The van der Waals surface area contributed by atoms with Gasteiger partial charge in [-0.1, -0.05) is 66.2 Å². The van der Waals surface area contributed by atoms with Gasteiger partial charge in [-0.3, -0.25) is 9.36 Å². The molecule has 1 heterocycles. The maximum Gasteiger partial charge on any atom is 0.347 e. The van der Waals surface area contributed by atoms with Crippen LogP contribution in [0.5, 0.6) is 0 Å². The number of amides is 1. The lowest BCUT2D eigenvalue weighted by molar-refractivity contribution is 0.100. The van der Waals surface area contributed by atoms with Crippen LogP contribution in [0.3, 0.4) is 0 Å². The predicted octanol–water partition coefficient (Wildman–Crippen LogP) is 3.84. The van der Waals surface area contributed by atoms with Crippen molar-refractivity contribution in [3.05, 3.63) is 117 Å². The summed E-state index contributed by atoms with van der Waals surface area (Å²) in [6.07, 6.45) is 0.573. The number of halogens is 1. The average molecular weight is 503 g/mol. The molecule has 4 N–H and O–H groups in total. The molecule has 1 atom stereocenters. The van der Waals surface area contributed by atoms with Gasteiger partial charge in [0.1, 0.15) is 0 Å². The highest BCUT2D eigenvalue weighted by molar-refractivity contribution is 6.30. The lowest BCUT2D eigenvalue weighted by Gasteiger charge is -2.20. The first-order chi connectivity index (χ1) is 17.3. The minimum absolute atomic E-state index is 0.240. The van der Waals surface area contributed by atoms with Crippen molar-refractivity contribution in [3.63, 3.8) is 0 Å². The quantitative estimate of drug-likeness (QED) is 0.285. The number of hydrogen-bond acceptors (Lipinski definition) is 5. The van der Waals surface area contributed by atoms with Crippen LogP contribution < -0.4 is 16.7 Å². The summed E-state index contributed by atoms with van der Waals surface area (Å²) < 4.78 is 2.87. The fourth-order valence-electron chi connectivity index (χ4n) is 3.95. The summed E-state index contributed by atoms with van der Waals surface area (Å²) >= 11 is 6.03. The smallest absolute Gasteiger partial charge is 0.347 e. The normalized spacial score (nSPS) is 11.7.